The second-order valence-corrected chi connectivity index (χ2v) is 10.2. The Morgan fingerprint density at radius 3 is 2.50 bits per heavy atom. The summed E-state index contributed by atoms with van der Waals surface area (Å²) in [7, 11) is -4.64. The molecule has 3 aromatic rings. The topological polar surface area (TPSA) is 126 Å². The Labute approximate surface area is 212 Å². The van der Waals surface area contributed by atoms with Crippen LogP contribution in [-0.2, 0) is 22.2 Å². The number of amides is 1. The van der Waals surface area contributed by atoms with Crippen molar-refractivity contribution in [2.24, 2.45) is 0 Å². The van der Waals surface area contributed by atoms with Gasteiger partial charge < -0.3 is 24.9 Å². The molecule has 0 unspecified atom stereocenters. The number of aromatic nitrogens is 1. The molecule has 0 aliphatic carbocycles. The number of benzene rings is 2. The Kier molecular flexibility index (Phi) is 8.94. The number of hydrogen-bond acceptors (Lipinski definition) is 6. The van der Waals surface area contributed by atoms with Crippen LogP contribution in [0.3, 0.4) is 0 Å². The average molecular weight is 547 g/mol. The van der Waals surface area contributed by atoms with E-state index in [1.807, 2.05) is 6.07 Å². The number of hydrogen-bond donors (Lipinski definition) is 4. The molecule has 1 amide bonds. The number of nitrogens with one attached hydrogen (secondary N) is 1. The minimum absolute atomic E-state index is 0. The lowest BCUT2D eigenvalue weighted by molar-refractivity contribution is -0.115. The highest BCUT2D eigenvalue weighted by molar-refractivity contribution is 7.45. The van der Waals surface area contributed by atoms with Crippen LogP contribution in [0, 0.1) is 0 Å². The third kappa shape index (κ3) is 6.90. The molecule has 0 radical (unpaired) electrons. The van der Waals surface area contributed by atoms with E-state index in [9.17, 15) is 4.79 Å². The number of nitrogens with zero attached hydrogens (tertiary/aromatic N) is 3. The molecular formula is C21H25Cl2N4O5PS. The molecular weight excluding hydrogens is 522 g/mol. The van der Waals surface area contributed by atoms with Gasteiger partial charge >= 0.3 is 7.82 Å². The predicted molar refractivity (Wildman–Crippen MR) is 137 cm³/mol. The maximum Gasteiger partial charge on any atom is 0.466 e. The van der Waals surface area contributed by atoms with E-state index in [1.54, 1.807) is 11.5 Å². The van der Waals surface area contributed by atoms with E-state index < -0.39 is 7.82 Å². The fourth-order valence-corrected chi connectivity index (χ4v) is 5.11. The average Bonchev–Trinajstić information content (AvgIpc) is 3.33. The van der Waals surface area contributed by atoms with Gasteiger partial charge in [0.05, 0.1) is 11.1 Å². The van der Waals surface area contributed by atoms with Crippen molar-refractivity contribution in [3.63, 3.8) is 0 Å². The normalized spacial score (nSPS) is 15.9. The van der Waals surface area contributed by atoms with Gasteiger partial charge in [-0.05, 0) is 47.3 Å². The monoisotopic (exact) mass is 546 g/mol. The highest BCUT2D eigenvalue weighted by atomic mass is 35.5. The summed E-state index contributed by atoms with van der Waals surface area (Å²) in [6.07, 6.45) is 1.36. The van der Waals surface area contributed by atoms with Crippen LogP contribution in [0.2, 0.25) is 5.02 Å². The summed E-state index contributed by atoms with van der Waals surface area (Å²) in [5.41, 5.74) is 3.05. The largest absolute Gasteiger partial charge is 0.466 e. The SMILES string of the molecule is Cl.O=C1Cc2cc(CCN3CCN(c4nsc5ccccc45)CC3)c(Cl)cc2N1.O=P(O)(O)O. The van der Waals surface area contributed by atoms with Crippen molar-refractivity contribution in [2.75, 3.05) is 42.9 Å². The van der Waals surface area contributed by atoms with Crippen molar-refractivity contribution in [3.05, 3.63) is 52.5 Å². The van der Waals surface area contributed by atoms with Gasteiger partial charge in [-0.3, -0.25) is 9.69 Å². The number of anilines is 2. The summed E-state index contributed by atoms with van der Waals surface area (Å²) in [4.78, 5) is 38.0. The number of rotatable bonds is 4. The number of halogens is 2. The number of piperazine rings is 1. The molecule has 184 valence electrons. The molecule has 9 nitrogen and oxygen atoms in total. The van der Waals surface area contributed by atoms with Crippen molar-refractivity contribution >= 4 is 70.9 Å². The van der Waals surface area contributed by atoms with Crippen LogP contribution in [-0.4, -0.2) is 62.6 Å². The third-order valence-corrected chi connectivity index (χ3v) is 6.79. The maximum absolute atomic E-state index is 11.6. The molecule has 0 bridgehead atoms. The van der Waals surface area contributed by atoms with Crippen molar-refractivity contribution in [1.29, 1.82) is 0 Å². The van der Waals surface area contributed by atoms with Gasteiger partial charge in [0, 0.05) is 48.8 Å². The molecule has 3 heterocycles. The van der Waals surface area contributed by atoms with Crippen molar-refractivity contribution in [3.8, 4) is 0 Å². The van der Waals surface area contributed by atoms with E-state index in [2.05, 4.69) is 49.8 Å². The first-order valence-electron chi connectivity index (χ1n) is 10.4. The van der Waals surface area contributed by atoms with Gasteiger partial charge in [-0.25, -0.2) is 4.57 Å². The molecule has 34 heavy (non-hydrogen) atoms. The molecule has 2 aliphatic heterocycles. The van der Waals surface area contributed by atoms with Gasteiger partial charge in [0.1, 0.15) is 5.82 Å². The van der Waals surface area contributed by atoms with Gasteiger partial charge in [0.15, 0.2) is 0 Å². The highest BCUT2D eigenvalue weighted by Gasteiger charge is 2.22. The maximum atomic E-state index is 11.6. The molecule has 1 aromatic heterocycles. The Bertz CT molecular complexity index is 1200. The molecule has 2 aromatic carbocycles. The number of fused-ring (bicyclic) bond motifs is 2. The number of carbonyl (C=O) groups excluding carboxylic acids is 1. The number of phosphoric acid groups is 1. The summed E-state index contributed by atoms with van der Waals surface area (Å²) in [6.45, 7) is 5.00. The summed E-state index contributed by atoms with van der Waals surface area (Å²) in [5.74, 6) is 1.17. The Balaban J connectivity index is 0.000000492. The van der Waals surface area contributed by atoms with Crippen LogP contribution < -0.4 is 10.2 Å². The Morgan fingerprint density at radius 1 is 1.12 bits per heavy atom. The molecule has 1 fully saturated rings. The molecule has 0 atom stereocenters. The molecule has 2 aliphatic rings. The van der Waals surface area contributed by atoms with E-state index in [1.165, 1.54) is 10.1 Å². The van der Waals surface area contributed by atoms with Crippen LogP contribution >= 0.6 is 43.4 Å². The minimum atomic E-state index is -4.64. The van der Waals surface area contributed by atoms with Gasteiger partial charge in [0.25, 0.3) is 0 Å². The van der Waals surface area contributed by atoms with Crippen molar-refractivity contribution < 1.29 is 24.0 Å². The lowest BCUT2D eigenvalue weighted by Gasteiger charge is -2.35. The van der Waals surface area contributed by atoms with Gasteiger partial charge in [-0.2, -0.15) is 4.37 Å². The Hall–Kier alpha value is -1.75. The quantitative estimate of drug-likeness (QED) is 0.367. The third-order valence-electron chi connectivity index (χ3n) is 5.62. The van der Waals surface area contributed by atoms with E-state index in [-0.39, 0.29) is 18.3 Å². The van der Waals surface area contributed by atoms with Crippen molar-refractivity contribution in [2.45, 2.75) is 12.8 Å². The van der Waals surface area contributed by atoms with Crippen LogP contribution in [0.25, 0.3) is 10.1 Å². The Morgan fingerprint density at radius 2 is 1.79 bits per heavy atom. The van der Waals surface area contributed by atoms with E-state index >= 15 is 0 Å². The first-order valence-corrected chi connectivity index (χ1v) is 13.1. The zero-order valence-electron chi connectivity index (χ0n) is 18.1. The lowest BCUT2D eigenvalue weighted by Crippen LogP contribution is -2.47. The van der Waals surface area contributed by atoms with Gasteiger partial charge in [0.2, 0.25) is 5.91 Å². The van der Waals surface area contributed by atoms with E-state index in [4.69, 9.17) is 30.8 Å². The van der Waals surface area contributed by atoms with Crippen LogP contribution in [0.5, 0.6) is 0 Å². The molecule has 0 spiro atoms. The zero-order valence-corrected chi connectivity index (χ0v) is 21.3. The molecule has 1 saturated heterocycles. The summed E-state index contributed by atoms with van der Waals surface area (Å²) < 4.78 is 14.8. The van der Waals surface area contributed by atoms with Gasteiger partial charge in [-0.1, -0.05) is 29.8 Å². The fraction of sp³-hybridized carbons (Fsp3) is 0.333. The standard InChI is InChI=1S/C21H21ClN4OS.ClH.H3O4P/c22-17-13-18-15(12-20(27)23-18)11-14(17)5-6-25-7-9-26(10-8-25)21-16-3-1-2-4-19(16)28-24-21;;1-5(2,3)4/h1-4,11,13H,5-10,12H2,(H,23,27);1H;(H3,1,2,3,4). The zero-order chi connectivity index (χ0) is 23.6. The smallest absolute Gasteiger partial charge is 0.353 e. The summed E-state index contributed by atoms with van der Waals surface area (Å²) >= 11 is 8.01. The molecule has 13 heteroatoms. The number of carbonyl (C=O) groups is 1. The molecule has 5 rings (SSSR count). The minimum Gasteiger partial charge on any atom is -0.353 e. The summed E-state index contributed by atoms with van der Waals surface area (Å²) in [5, 5.41) is 4.86. The first kappa shape index (κ1) is 26.8. The van der Waals surface area contributed by atoms with Crippen LogP contribution in [0.4, 0.5) is 11.5 Å². The van der Waals surface area contributed by atoms with Crippen LogP contribution in [0.15, 0.2) is 36.4 Å². The highest BCUT2D eigenvalue weighted by Crippen LogP contribution is 2.31. The van der Waals surface area contributed by atoms with E-state index in [0.717, 1.165) is 66.8 Å². The first-order chi connectivity index (χ1) is 15.7. The molecule has 4 N–H and O–H groups in total. The van der Waals surface area contributed by atoms with Gasteiger partial charge in [-0.15, -0.1) is 12.4 Å². The molecule has 0 saturated carbocycles. The second-order valence-electron chi connectivity index (χ2n) is 7.92. The fourth-order valence-electron chi connectivity index (χ4n) is 4.05. The summed E-state index contributed by atoms with van der Waals surface area (Å²) in [6, 6.07) is 12.4. The van der Waals surface area contributed by atoms with Crippen molar-refractivity contribution in [1.82, 2.24) is 9.27 Å². The second kappa shape index (κ2) is 11.3. The van der Waals surface area contributed by atoms with E-state index in [0.29, 0.717) is 6.42 Å². The lowest BCUT2D eigenvalue weighted by atomic mass is 10.1. The van der Waals surface area contributed by atoms with Crippen LogP contribution in [0.1, 0.15) is 11.1 Å². The predicted octanol–water partition coefficient (Wildman–Crippen LogP) is 3.30.